The Morgan fingerprint density at radius 3 is 2.50 bits per heavy atom. The van der Waals surface area contributed by atoms with E-state index in [9.17, 15) is 4.79 Å². The van der Waals surface area contributed by atoms with Crippen LogP contribution in [0.1, 0.15) is 21.5 Å². The zero-order chi connectivity index (χ0) is 17.5. The number of hydrogen-bond donors (Lipinski definition) is 3. The number of aryl methyl sites for hydroxylation is 2. The number of carbonyl (C=O) groups is 1. The Kier molecular flexibility index (Phi) is 6.21. The molecule has 0 radical (unpaired) electrons. The summed E-state index contributed by atoms with van der Waals surface area (Å²) >= 11 is 5.98. The van der Waals surface area contributed by atoms with Crippen LogP contribution < -0.4 is 16.4 Å². The fraction of sp³-hybridized carbons (Fsp3) is 0.222. The summed E-state index contributed by atoms with van der Waals surface area (Å²) in [5.74, 6) is 0.0867. The first-order valence-electron chi connectivity index (χ1n) is 7.63. The smallest absolute Gasteiger partial charge is 0.252 e. The minimum atomic E-state index is -0.225. The Morgan fingerprint density at radius 2 is 1.83 bits per heavy atom. The summed E-state index contributed by atoms with van der Waals surface area (Å²) < 4.78 is 0. The third-order valence-corrected chi connectivity index (χ3v) is 3.62. The molecule has 1 amide bonds. The highest BCUT2D eigenvalue weighted by Gasteiger charge is 2.08. The molecule has 0 heterocycles. The van der Waals surface area contributed by atoms with Crippen LogP contribution in [-0.2, 0) is 0 Å². The van der Waals surface area contributed by atoms with Crippen molar-refractivity contribution in [2.24, 2.45) is 10.7 Å². The molecule has 2 rings (SSSR count). The highest BCUT2D eigenvalue weighted by atomic mass is 35.5. The molecule has 0 spiro atoms. The molecule has 126 valence electrons. The van der Waals surface area contributed by atoms with E-state index in [1.54, 1.807) is 24.3 Å². The molecule has 0 aliphatic heterocycles. The van der Waals surface area contributed by atoms with Gasteiger partial charge < -0.3 is 16.4 Å². The van der Waals surface area contributed by atoms with Crippen molar-refractivity contribution in [3.63, 3.8) is 0 Å². The van der Waals surface area contributed by atoms with Gasteiger partial charge in [-0.1, -0.05) is 29.8 Å². The normalized spacial score (nSPS) is 11.2. The van der Waals surface area contributed by atoms with Crippen molar-refractivity contribution in [3.8, 4) is 0 Å². The van der Waals surface area contributed by atoms with Crippen molar-refractivity contribution in [2.45, 2.75) is 13.8 Å². The number of rotatable bonds is 5. The molecule has 0 unspecified atom stereocenters. The number of nitrogens with one attached hydrogen (secondary N) is 2. The Labute approximate surface area is 146 Å². The van der Waals surface area contributed by atoms with Gasteiger partial charge in [0.05, 0.1) is 17.1 Å². The maximum Gasteiger partial charge on any atom is 0.252 e. The highest BCUT2D eigenvalue weighted by molar-refractivity contribution is 6.33. The molecule has 4 N–H and O–H groups in total. The van der Waals surface area contributed by atoms with Crippen LogP contribution in [0.4, 0.5) is 5.69 Å². The second-order valence-electron chi connectivity index (χ2n) is 5.50. The molecule has 0 bridgehead atoms. The second-order valence-corrected chi connectivity index (χ2v) is 5.91. The highest BCUT2D eigenvalue weighted by Crippen LogP contribution is 2.14. The van der Waals surface area contributed by atoms with Gasteiger partial charge in [-0.2, -0.15) is 0 Å². The van der Waals surface area contributed by atoms with Crippen LogP contribution >= 0.6 is 11.6 Å². The van der Waals surface area contributed by atoms with E-state index in [0.29, 0.717) is 29.6 Å². The van der Waals surface area contributed by atoms with Crippen molar-refractivity contribution >= 4 is 29.2 Å². The first-order valence-corrected chi connectivity index (χ1v) is 8.01. The molecule has 0 aliphatic carbocycles. The lowest BCUT2D eigenvalue weighted by atomic mass is 10.1. The molecule has 0 atom stereocenters. The first-order chi connectivity index (χ1) is 11.5. The predicted molar refractivity (Wildman–Crippen MR) is 99.8 cm³/mol. The maximum absolute atomic E-state index is 12.0. The molecular weight excluding hydrogens is 324 g/mol. The molecule has 0 aromatic heterocycles. The third-order valence-electron chi connectivity index (χ3n) is 3.29. The van der Waals surface area contributed by atoms with E-state index in [2.05, 4.69) is 21.7 Å². The minimum Gasteiger partial charge on any atom is -0.370 e. The number of hydrogen-bond acceptors (Lipinski definition) is 2. The summed E-state index contributed by atoms with van der Waals surface area (Å²) in [5, 5.41) is 6.24. The summed E-state index contributed by atoms with van der Waals surface area (Å²) in [6.45, 7) is 4.80. The van der Waals surface area contributed by atoms with E-state index in [1.807, 2.05) is 26.0 Å². The number of aliphatic imine (C=N–C) groups is 1. The Morgan fingerprint density at radius 1 is 1.17 bits per heavy atom. The quantitative estimate of drug-likeness (QED) is 0.443. The zero-order valence-corrected chi connectivity index (χ0v) is 14.5. The first kappa shape index (κ1) is 17.8. The van der Waals surface area contributed by atoms with Crippen LogP contribution in [0.25, 0.3) is 0 Å². The van der Waals surface area contributed by atoms with Gasteiger partial charge in [-0.25, -0.2) is 0 Å². The van der Waals surface area contributed by atoms with Gasteiger partial charge in [0.1, 0.15) is 0 Å². The van der Waals surface area contributed by atoms with E-state index in [4.69, 9.17) is 17.3 Å². The van der Waals surface area contributed by atoms with E-state index in [1.165, 1.54) is 0 Å². The average molecular weight is 345 g/mol. The fourth-order valence-electron chi connectivity index (χ4n) is 2.32. The lowest BCUT2D eigenvalue weighted by Gasteiger charge is -2.08. The predicted octanol–water partition coefficient (Wildman–Crippen LogP) is 3.11. The maximum atomic E-state index is 12.0. The van der Waals surface area contributed by atoms with Crippen LogP contribution in [0.5, 0.6) is 0 Å². The molecular formula is C18H21ClN4O. The van der Waals surface area contributed by atoms with Gasteiger partial charge in [0.15, 0.2) is 5.96 Å². The lowest BCUT2D eigenvalue weighted by Crippen LogP contribution is -2.28. The standard InChI is InChI=1S/C18H21ClN4O/c1-12-9-13(2)11-14(10-12)23-18(20)22-8-7-21-17(24)15-5-3-4-6-16(15)19/h3-6,9-11H,7-8H2,1-2H3,(H,21,24)(H3,20,22,23). The number of anilines is 1. The Hall–Kier alpha value is -2.53. The monoisotopic (exact) mass is 344 g/mol. The van der Waals surface area contributed by atoms with Crippen molar-refractivity contribution in [1.82, 2.24) is 5.32 Å². The van der Waals surface area contributed by atoms with E-state index in [-0.39, 0.29) is 5.91 Å². The number of carbonyl (C=O) groups excluding carboxylic acids is 1. The number of nitrogens with zero attached hydrogens (tertiary/aromatic N) is 1. The van der Waals surface area contributed by atoms with Crippen molar-refractivity contribution in [3.05, 3.63) is 64.2 Å². The second kappa shape index (κ2) is 8.36. The SMILES string of the molecule is Cc1cc(C)cc(NC(N)=NCCNC(=O)c2ccccc2Cl)c1. The molecule has 6 heteroatoms. The van der Waals surface area contributed by atoms with E-state index < -0.39 is 0 Å². The number of amides is 1. The van der Waals surface area contributed by atoms with Gasteiger partial charge in [0.25, 0.3) is 5.91 Å². The molecule has 2 aromatic carbocycles. The van der Waals surface area contributed by atoms with E-state index >= 15 is 0 Å². The number of guanidine groups is 1. The van der Waals surface area contributed by atoms with Crippen molar-refractivity contribution < 1.29 is 4.79 Å². The fourth-order valence-corrected chi connectivity index (χ4v) is 2.54. The third kappa shape index (κ3) is 5.28. The largest absolute Gasteiger partial charge is 0.370 e. The molecule has 0 aliphatic rings. The van der Waals surface area contributed by atoms with Crippen LogP contribution in [0.2, 0.25) is 5.02 Å². The number of benzene rings is 2. The molecule has 0 fully saturated rings. The van der Waals surface area contributed by atoms with Crippen molar-refractivity contribution in [1.29, 1.82) is 0 Å². The molecule has 0 saturated heterocycles. The summed E-state index contributed by atoms with van der Waals surface area (Å²) in [5.41, 5.74) is 9.51. The van der Waals surface area contributed by atoms with Gasteiger partial charge >= 0.3 is 0 Å². The van der Waals surface area contributed by atoms with Crippen LogP contribution in [0, 0.1) is 13.8 Å². The minimum absolute atomic E-state index is 0.225. The molecule has 0 saturated carbocycles. The van der Waals surface area contributed by atoms with Gasteiger partial charge in [-0.3, -0.25) is 9.79 Å². The van der Waals surface area contributed by atoms with Crippen LogP contribution in [-0.4, -0.2) is 25.0 Å². The summed E-state index contributed by atoms with van der Waals surface area (Å²) in [6, 6.07) is 13.0. The summed E-state index contributed by atoms with van der Waals surface area (Å²) in [6.07, 6.45) is 0. The molecule has 2 aromatic rings. The van der Waals surface area contributed by atoms with Gasteiger partial charge in [0.2, 0.25) is 0 Å². The van der Waals surface area contributed by atoms with Gasteiger partial charge in [-0.15, -0.1) is 0 Å². The van der Waals surface area contributed by atoms with Crippen LogP contribution in [0.15, 0.2) is 47.5 Å². The van der Waals surface area contributed by atoms with Crippen LogP contribution in [0.3, 0.4) is 0 Å². The molecule has 5 nitrogen and oxygen atoms in total. The van der Waals surface area contributed by atoms with Gasteiger partial charge in [-0.05, 0) is 49.2 Å². The molecule has 24 heavy (non-hydrogen) atoms. The van der Waals surface area contributed by atoms with Gasteiger partial charge in [0, 0.05) is 12.2 Å². The lowest BCUT2D eigenvalue weighted by molar-refractivity contribution is 0.0955. The zero-order valence-electron chi connectivity index (χ0n) is 13.8. The van der Waals surface area contributed by atoms with E-state index in [0.717, 1.165) is 16.8 Å². The Bertz CT molecular complexity index is 738. The van der Waals surface area contributed by atoms with Crippen molar-refractivity contribution in [2.75, 3.05) is 18.4 Å². The topological polar surface area (TPSA) is 79.5 Å². The number of halogens is 1. The summed E-state index contributed by atoms with van der Waals surface area (Å²) in [7, 11) is 0. The Balaban J connectivity index is 1.83. The average Bonchev–Trinajstić information content (AvgIpc) is 2.50. The number of nitrogens with two attached hydrogens (primary N) is 1. The summed E-state index contributed by atoms with van der Waals surface area (Å²) in [4.78, 5) is 16.2.